The molecule has 0 spiro atoms. The number of ether oxygens (including phenoxy) is 1. The van der Waals surface area contributed by atoms with Crippen molar-refractivity contribution in [3.05, 3.63) is 12.1 Å². The normalized spacial score (nSPS) is 21.9. The first-order valence-electron chi connectivity index (χ1n) is 7.31. The smallest absolute Gasteiger partial charge is 0.233 e. The van der Waals surface area contributed by atoms with Gasteiger partial charge in [0.15, 0.2) is 5.82 Å². The second kappa shape index (κ2) is 6.63. The van der Waals surface area contributed by atoms with E-state index in [0.717, 1.165) is 24.9 Å². The number of hydrogen-bond donors (Lipinski definition) is 0. The van der Waals surface area contributed by atoms with Gasteiger partial charge in [-0.15, -0.1) is 10.2 Å². The molecule has 0 bridgehead atoms. The van der Waals surface area contributed by atoms with E-state index >= 15 is 0 Å². The molecule has 0 unspecified atom stereocenters. The second-order valence-electron chi connectivity index (χ2n) is 5.30. The van der Waals surface area contributed by atoms with E-state index in [1.165, 1.54) is 37.4 Å². The van der Waals surface area contributed by atoms with Crippen LogP contribution in [0.3, 0.4) is 0 Å². The summed E-state index contributed by atoms with van der Waals surface area (Å²) >= 11 is 2.08. The quantitative estimate of drug-likeness (QED) is 0.841. The minimum atomic E-state index is 0.578. The molecule has 0 amide bonds. The van der Waals surface area contributed by atoms with E-state index in [9.17, 15) is 0 Å². The van der Waals surface area contributed by atoms with Gasteiger partial charge in [0.1, 0.15) is 0 Å². The highest BCUT2D eigenvalue weighted by molar-refractivity contribution is 7.99. The molecule has 0 atom stereocenters. The number of methoxy groups -OCH3 is 1. The van der Waals surface area contributed by atoms with E-state index in [4.69, 9.17) is 4.74 Å². The number of hydrogen-bond acceptors (Lipinski definition) is 6. The Morgan fingerprint density at radius 3 is 2.45 bits per heavy atom. The van der Waals surface area contributed by atoms with Crippen LogP contribution in [0.1, 0.15) is 12.8 Å². The van der Waals surface area contributed by atoms with Crippen LogP contribution in [0, 0.1) is 0 Å². The van der Waals surface area contributed by atoms with E-state index in [0.29, 0.717) is 5.88 Å². The Kier molecular flexibility index (Phi) is 4.62. The fourth-order valence-corrected chi connectivity index (χ4v) is 3.92. The molecule has 2 saturated heterocycles. The molecule has 0 N–H and O–H groups in total. The zero-order valence-electron chi connectivity index (χ0n) is 12.0. The first-order valence-corrected chi connectivity index (χ1v) is 8.47. The van der Waals surface area contributed by atoms with E-state index in [-0.39, 0.29) is 0 Å². The maximum Gasteiger partial charge on any atom is 0.233 e. The Labute approximate surface area is 124 Å². The van der Waals surface area contributed by atoms with Gasteiger partial charge in [-0.05, 0) is 18.9 Å². The first-order chi connectivity index (χ1) is 9.86. The molecule has 110 valence electrons. The van der Waals surface area contributed by atoms with Gasteiger partial charge in [-0.2, -0.15) is 11.8 Å². The molecule has 3 rings (SSSR count). The van der Waals surface area contributed by atoms with Crippen molar-refractivity contribution in [2.75, 3.05) is 49.7 Å². The summed E-state index contributed by atoms with van der Waals surface area (Å²) < 4.78 is 5.05. The van der Waals surface area contributed by atoms with Gasteiger partial charge < -0.3 is 9.64 Å². The van der Waals surface area contributed by atoms with Crippen molar-refractivity contribution in [2.45, 2.75) is 18.9 Å². The average molecular weight is 294 g/mol. The third-order valence-corrected chi connectivity index (χ3v) is 5.13. The van der Waals surface area contributed by atoms with E-state index in [1.807, 2.05) is 12.1 Å². The minimum Gasteiger partial charge on any atom is -0.480 e. The molecule has 5 nitrogen and oxygen atoms in total. The van der Waals surface area contributed by atoms with Gasteiger partial charge in [0.25, 0.3) is 0 Å². The topological polar surface area (TPSA) is 41.5 Å². The van der Waals surface area contributed by atoms with Gasteiger partial charge in [0.2, 0.25) is 5.88 Å². The number of piperidine rings is 1. The number of anilines is 1. The Morgan fingerprint density at radius 2 is 1.85 bits per heavy atom. The first kappa shape index (κ1) is 13.9. The lowest BCUT2D eigenvalue weighted by Gasteiger charge is -2.40. The molecule has 2 fully saturated rings. The third kappa shape index (κ3) is 3.17. The maximum atomic E-state index is 5.05. The SMILES string of the molecule is COc1ccc(N2CCC(N3CCSCC3)CC2)nn1. The van der Waals surface area contributed by atoms with Crippen LogP contribution in [0.15, 0.2) is 12.1 Å². The van der Waals surface area contributed by atoms with Crippen LogP contribution in [0.5, 0.6) is 5.88 Å². The van der Waals surface area contributed by atoms with Crippen LogP contribution in [0.4, 0.5) is 5.82 Å². The van der Waals surface area contributed by atoms with Crippen LogP contribution < -0.4 is 9.64 Å². The lowest BCUT2D eigenvalue weighted by molar-refractivity contribution is 0.185. The second-order valence-corrected chi connectivity index (χ2v) is 6.53. The monoisotopic (exact) mass is 294 g/mol. The standard InChI is InChI=1S/C14H22N4OS/c1-19-14-3-2-13(15-16-14)18-6-4-12(5-7-18)17-8-10-20-11-9-17/h2-3,12H,4-11H2,1H3. The summed E-state index contributed by atoms with van der Waals surface area (Å²) in [6.07, 6.45) is 2.47. The molecule has 2 aliphatic rings. The van der Waals surface area contributed by atoms with Crippen molar-refractivity contribution in [2.24, 2.45) is 0 Å². The number of aromatic nitrogens is 2. The zero-order valence-corrected chi connectivity index (χ0v) is 12.8. The highest BCUT2D eigenvalue weighted by Gasteiger charge is 2.26. The van der Waals surface area contributed by atoms with Gasteiger partial charge in [-0.1, -0.05) is 0 Å². The van der Waals surface area contributed by atoms with E-state index < -0.39 is 0 Å². The van der Waals surface area contributed by atoms with Crippen molar-refractivity contribution >= 4 is 17.6 Å². The van der Waals surface area contributed by atoms with E-state index in [2.05, 4.69) is 31.8 Å². The number of thioether (sulfide) groups is 1. The summed E-state index contributed by atoms with van der Waals surface area (Å²) in [5.74, 6) is 4.14. The minimum absolute atomic E-state index is 0.578. The van der Waals surface area contributed by atoms with Gasteiger partial charge in [-0.3, -0.25) is 4.90 Å². The lowest BCUT2D eigenvalue weighted by Crippen LogP contribution is -2.48. The lowest BCUT2D eigenvalue weighted by atomic mass is 10.0. The van der Waals surface area contributed by atoms with Crippen molar-refractivity contribution in [1.29, 1.82) is 0 Å². The molecule has 0 saturated carbocycles. The van der Waals surface area contributed by atoms with Crippen LogP contribution >= 0.6 is 11.8 Å². The third-order valence-electron chi connectivity index (χ3n) is 4.19. The summed E-state index contributed by atoms with van der Waals surface area (Å²) in [6, 6.07) is 4.65. The predicted octanol–water partition coefficient (Wildman–Crippen LogP) is 1.50. The Morgan fingerprint density at radius 1 is 1.10 bits per heavy atom. The summed E-state index contributed by atoms with van der Waals surface area (Å²) in [6.45, 7) is 4.68. The zero-order chi connectivity index (χ0) is 13.8. The number of nitrogens with zero attached hydrogens (tertiary/aromatic N) is 4. The molecule has 0 aliphatic carbocycles. The molecule has 1 aromatic rings. The molecule has 0 aromatic carbocycles. The summed E-state index contributed by atoms with van der Waals surface area (Å²) in [7, 11) is 1.62. The van der Waals surface area contributed by atoms with Crippen LogP contribution in [-0.4, -0.2) is 65.9 Å². The molecular formula is C14H22N4OS. The Bertz CT molecular complexity index is 414. The summed E-state index contributed by atoms with van der Waals surface area (Å²) in [4.78, 5) is 5.01. The van der Waals surface area contributed by atoms with Gasteiger partial charge >= 0.3 is 0 Å². The summed E-state index contributed by atoms with van der Waals surface area (Å²) in [5.41, 5.74) is 0. The molecule has 2 aliphatic heterocycles. The Balaban J connectivity index is 1.54. The largest absolute Gasteiger partial charge is 0.480 e. The van der Waals surface area contributed by atoms with Gasteiger partial charge in [-0.25, -0.2) is 0 Å². The molecular weight excluding hydrogens is 272 g/mol. The highest BCUT2D eigenvalue weighted by Crippen LogP contribution is 2.23. The Hall–Kier alpha value is -1.01. The molecule has 0 radical (unpaired) electrons. The summed E-state index contributed by atoms with van der Waals surface area (Å²) in [5, 5.41) is 8.30. The van der Waals surface area contributed by atoms with E-state index in [1.54, 1.807) is 7.11 Å². The fraction of sp³-hybridized carbons (Fsp3) is 0.714. The maximum absolute atomic E-state index is 5.05. The highest BCUT2D eigenvalue weighted by atomic mass is 32.2. The molecule has 1 aromatic heterocycles. The van der Waals surface area contributed by atoms with Crippen molar-refractivity contribution in [3.63, 3.8) is 0 Å². The van der Waals surface area contributed by atoms with Crippen molar-refractivity contribution < 1.29 is 4.74 Å². The fourth-order valence-electron chi connectivity index (χ4n) is 2.99. The van der Waals surface area contributed by atoms with Crippen LogP contribution in [-0.2, 0) is 0 Å². The molecule has 6 heteroatoms. The van der Waals surface area contributed by atoms with Gasteiger partial charge in [0.05, 0.1) is 7.11 Å². The molecule has 3 heterocycles. The van der Waals surface area contributed by atoms with Crippen LogP contribution in [0.2, 0.25) is 0 Å². The van der Waals surface area contributed by atoms with Crippen LogP contribution in [0.25, 0.3) is 0 Å². The van der Waals surface area contributed by atoms with Crippen molar-refractivity contribution in [3.8, 4) is 5.88 Å². The van der Waals surface area contributed by atoms with Gasteiger partial charge in [0, 0.05) is 49.8 Å². The number of rotatable bonds is 3. The van der Waals surface area contributed by atoms with Crippen molar-refractivity contribution in [1.82, 2.24) is 15.1 Å². The molecule has 20 heavy (non-hydrogen) atoms. The predicted molar refractivity (Wildman–Crippen MR) is 82.7 cm³/mol. The average Bonchev–Trinajstić information content (AvgIpc) is 2.56.